The molecule has 0 unspecified atom stereocenters. The number of aryl methyl sites for hydroxylation is 1. The molecule has 1 aromatic rings. The van der Waals surface area contributed by atoms with E-state index in [2.05, 4.69) is 0 Å². The van der Waals surface area contributed by atoms with Gasteiger partial charge in [0, 0.05) is 0 Å². The molecule has 0 fully saturated rings. The topological polar surface area (TPSA) is 26.3 Å². The third-order valence-electron chi connectivity index (χ3n) is 1.71. The molecular weight excluding hydrogens is 207 g/mol. The Hall–Kier alpha value is -1.09. The second-order valence-electron chi connectivity index (χ2n) is 2.80. The number of hydrogen-bond donors (Lipinski definition) is 0. The van der Waals surface area contributed by atoms with Gasteiger partial charge in [-0.1, -0.05) is 11.6 Å². The van der Waals surface area contributed by atoms with Gasteiger partial charge in [-0.2, -0.15) is 0 Å². The van der Waals surface area contributed by atoms with Crippen molar-refractivity contribution >= 4 is 17.6 Å². The second kappa shape index (κ2) is 4.42. The van der Waals surface area contributed by atoms with Gasteiger partial charge in [0.05, 0.1) is 17.2 Å². The maximum Gasteiger partial charge on any atom is 0.339 e. The van der Waals surface area contributed by atoms with E-state index in [0.717, 1.165) is 6.07 Å². The Morgan fingerprint density at radius 3 is 2.79 bits per heavy atom. The van der Waals surface area contributed by atoms with Gasteiger partial charge in [-0.25, -0.2) is 9.18 Å². The van der Waals surface area contributed by atoms with Crippen LogP contribution in [0.2, 0.25) is 5.02 Å². The van der Waals surface area contributed by atoms with Gasteiger partial charge in [0.25, 0.3) is 0 Å². The van der Waals surface area contributed by atoms with Crippen molar-refractivity contribution in [2.75, 3.05) is 6.61 Å². The normalized spacial score (nSPS) is 10.0. The number of halogens is 2. The molecule has 0 bridgehead atoms. The maximum absolute atomic E-state index is 12.9. The number of ether oxygens (including phenoxy) is 1. The average Bonchev–Trinajstić information content (AvgIpc) is 2.11. The Kier molecular flexibility index (Phi) is 3.47. The molecule has 0 aromatic heterocycles. The van der Waals surface area contributed by atoms with Crippen LogP contribution >= 0.6 is 11.6 Å². The highest BCUT2D eigenvalue weighted by atomic mass is 35.5. The molecule has 0 spiro atoms. The molecule has 0 radical (unpaired) electrons. The molecule has 0 heterocycles. The zero-order chi connectivity index (χ0) is 10.7. The van der Waals surface area contributed by atoms with E-state index >= 15 is 0 Å². The summed E-state index contributed by atoms with van der Waals surface area (Å²) in [6.45, 7) is 3.55. The zero-order valence-corrected chi connectivity index (χ0v) is 8.69. The number of esters is 1. The molecule has 0 aliphatic carbocycles. The number of carbonyl (C=O) groups is 1. The first-order chi connectivity index (χ1) is 6.56. The van der Waals surface area contributed by atoms with Crippen LogP contribution in [0.3, 0.4) is 0 Å². The van der Waals surface area contributed by atoms with E-state index in [1.165, 1.54) is 6.07 Å². The lowest BCUT2D eigenvalue weighted by Crippen LogP contribution is -2.06. The summed E-state index contributed by atoms with van der Waals surface area (Å²) in [5, 5.41) is 0.241. The smallest absolute Gasteiger partial charge is 0.339 e. The van der Waals surface area contributed by atoms with Gasteiger partial charge >= 0.3 is 5.97 Å². The lowest BCUT2D eigenvalue weighted by atomic mass is 10.1. The van der Waals surface area contributed by atoms with E-state index in [-0.39, 0.29) is 17.2 Å². The second-order valence-corrected chi connectivity index (χ2v) is 3.18. The third kappa shape index (κ3) is 2.23. The molecule has 1 aromatic carbocycles. The fourth-order valence-electron chi connectivity index (χ4n) is 1.08. The van der Waals surface area contributed by atoms with E-state index in [9.17, 15) is 9.18 Å². The van der Waals surface area contributed by atoms with Gasteiger partial charge in [0.15, 0.2) is 0 Å². The van der Waals surface area contributed by atoms with Crippen molar-refractivity contribution in [3.8, 4) is 0 Å². The highest BCUT2D eigenvalue weighted by molar-refractivity contribution is 6.34. The van der Waals surface area contributed by atoms with Crippen molar-refractivity contribution in [2.24, 2.45) is 0 Å². The van der Waals surface area contributed by atoms with Crippen LogP contribution < -0.4 is 0 Å². The molecular formula is C10H10ClFO2. The van der Waals surface area contributed by atoms with Gasteiger partial charge in [-0.3, -0.25) is 0 Å². The molecule has 0 aliphatic heterocycles. The predicted molar refractivity (Wildman–Crippen MR) is 52.1 cm³/mol. The number of benzene rings is 1. The molecule has 0 saturated carbocycles. The summed E-state index contributed by atoms with van der Waals surface area (Å²) in [4.78, 5) is 11.3. The lowest BCUT2D eigenvalue weighted by Gasteiger charge is -2.06. The van der Waals surface area contributed by atoms with Crippen LogP contribution in [0.25, 0.3) is 0 Å². The van der Waals surface area contributed by atoms with E-state index < -0.39 is 11.8 Å². The Morgan fingerprint density at radius 2 is 2.21 bits per heavy atom. The lowest BCUT2D eigenvalue weighted by molar-refractivity contribution is 0.0526. The van der Waals surface area contributed by atoms with E-state index in [1.807, 2.05) is 0 Å². The summed E-state index contributed by atoms with van der Waals surface area (Å²) >= 11 is 5.83. The van der Waals surface area contributed by atoms with Crippen LogP contribution in [-0.4, -0.2) is 12.6 Å². The minimum atomic E-state index is -0.597. The Balaban J connectivity index is 3.13. The molecule has 76 valence electrons. The molecule has 1 rings (SSSR count). The first-order valence-electron chi connectivity index (χ1n) is 4.19. The maximum atomic E-state index is 12.9. The largest absolute Gasteiger partial charge is 0.462 e. The van der Waals surface area contributed by atoms with Crippen LogP contribution in [-0.2, 0) is 4.74 Å². The van der Waals surface area contributed by atoms with Gasteiger partial charge in [-0.05, 0) is 31.5 Å². The molecule has 0 saturated heterocycles. The Morgan fingerprint density at radius 1 is 1.57 bits per heavy atom. The van der Waals surface area contributed by atoms with Crippen molar-refractivity contribution in [1.29, 1.82) is 0 Å². The Labute approximate surface area is 86.6 Å². The van der Waals surface area contributed by atoms with Gasteiger partial charge in [-0.15, -0.1) is 0 Å². The molecule has 0 N–H and O–H groups in total. The summed E-state index contributed by atoms with van der Waals surface area (Å²) in [5.41, 5.74) is 0.598. The van der Waals surface area contributed by atoms with Crippen molar-refractivity contribution < 1.29 is 13.9 Å². The summed E-state index contributed by atoms with van der Waals surface area (Å²) in [6, 6.07) is 2.35. The van der Waals surface area contributed by atoms with Crippen molar-refractivity contribution in [1.82, 2.24) is 0 Å². The van der Waals surface area contributed by atoms with Crippen molar-refractivity contribution in [2.45, 2.75) is 13.8 Å². The SMILES string of the molecule is CCOC(=O)c1cc(F)cc(C)c1Cl. The first kappa shape index (κ1) is 11.0. The monoisotopic (exact) mass is 216 g/mol. The number of carbonyl (C=O) groups excluding carboxylic acids is 1. The van der Waals surface area contributed by atoms with Gasteiger partial charge in [0.1, 0.15) is 5.82 Å². The molecule has 0 amide bonds. The van der Waals surface area contributed by atoms with E-state index in [1.54, 1.807) is 13.8 Å². The highest BCUT2D eigenvalue weighted by Gasteiger charge is 2.14. The van der Waals surface area contributed by atoms with Crippen LogP contribution in [0.4, 0.5) is 4.39 Å². The molecule has 2 nitrogen and oxygen atoms in total. The predicted octanol–water partition coefficient (Wildman–Crippen LogP) is 2.96. The fourth-order valence-corrected chi connectivity index (χ4v) is 1.27. The first-order valence-corrected chi connectivity index (χ1v) is 4.56. The summed E-state index contributed by atoms with van der Waals surface area (Å²) in [6.07, 6.45) is 0. The van der Waals surface area contributed by atoms with Crippen LogP contribution in [0.5, 0.6) is 0 Å². The minimum absolute atomic E-state index is 0.0750. The standard InChI is InChI=1S/C10H10ClFO2/c1-3-14-10(13)8-5-7(12)4-6(2)9(8)11/h4-5H,3H2,1-2H3. The van der Waals surface area contributed by atoms with E-state index in [0.29, 0.717) is 5.56 Å². The van der Waals surface area contributed by atoms with Crippen LogP contribution in [0, 0.1) is 12.7 Å². The number of rotatable bonds is 2. The summed E-state index contributed by atoms with van der Waals surface area (Å²) in [7, 11) is 0. The highest BCUT2D eigenvalue weighted by Crippen LogP contribution is 2.22. The van der Waals surface area contributed by atoms with Crippen molar-refractivity contribution in [3.05, 3.63) is 34.1 Å². The molecule has 14 heavy (non-hydrogen) atoms. The van der Waals surface area contributed by atoms with E-state index in [4.69, 9.17) is 16.3 Å². The molecule has 4 heteroatoms. The third-order valence-corrected chi connectivity index (χ3v) is 2.22. The summed E-state index contributed by atoms with van der Waals surface area (Å²) < 4.78 is 17.7. The molecule has 0 aliphatic rings. The fraction of sp³-hybridized carbons (Fsp3) is 0.300. The van der Waals surface area contributed by atoms with Gasteiger partial charge in [0.2, 0.25) is 0 Å². The number of hydrogen-bond acceptors (Lipinski definition) is 2. The van der Waals surface area contributed by atoms with Crippen molar-refractivity contribution in [3.63, 3.8) is 0 Å². The summed E-state index contributed by atoms with van der Waals surface area (Å²) in [5.74, 6) is -1.09. The van der Waals surface area contributed by atoms with Gasteiger partial charge < -0.3 is 4.74 Å². The molecule has 0 atom stereocenters. The van der Waals surface area contributed by atoms with Crippen LogP contribution in [0.1, 0.15) is 22.8 Å². The quantitative estimate of drug-likeness (QED) is 0.711. The average molecular weight is 217 g/mol. The minimum Gasteiger partial charge on any atom is -0.462 e. The Bertz CT molecular complexity index is 363. The van der Waals surface area contributed by atoms with Crippen LogP contribution in [0.15, 0.2) is 12.1 Å². The zero-order valence-electron chi connectivity index (χ0n) is 7.93.